The molecular formula is C11H13NO4. The molecule has 0 amide bonds. The van der Waals surface area contributed by atoms with Crippen LogP contribution in [0, 0.1) is 10.1 Å². The lowest BCUT2D eigenvalue weighted by Gasteiger charge is -2.09. The summed E-state index contributed by atoms with van der Waals surface area (Å²) >= 11 is 0. The van der Waals surface area contributed by atoms with Crippen LogP contribution in [0.5, 0.6) is 5.75 Å². The number of hydrogen-bond acceptors (Lipinski definition) is 4. The van der Waals surface area contributed by atoms with Crippen molar-refractivity contribution >= 4 is 0 Å². The molecule has 0 radical (unpaired) electrons. The molecule has 0 heterocycles. The lowest BCUT2D eigenvalue weighted by atomic mass is 10.3. The summed E-state index contributed by atoms with van der Waals surface area (Å²) in [5.41, 5.74) is 0. The Morgan fingerprint density at radius 2 is 2.06 bits per heavy atom. The van der Waals surface area contributed by atoms with Crippen LogP contribution in [0.1, 0.15) is 6.42 Å². The second-order valence-electron chi connectivity index (χ2n) is 3.06. The minimum Gasteiger partial charge on any atom is -0.430 e. The van der Waals surface area contributed by atoms with E-state index in [2.05, 4.69) is 0 Å². The number of benzene rings is 1. The van der Waals surface area contributed by atoms with Crippen LogP contribution in [0.25, 0.3) is 0 Å². The lowest BCUT2D eigenvalue weighted by Crippen LogP contribution is -2.25. The van der Waals surface area contributed by atoms with Gasteiger partial charge in [-0.25, -0.2) is 0 Å². The smallest absolute Gasteiger partial charge is 0.357 e. The second-order valence-corrected chi connectivity index (χ2v) is 3.06. The molecule has 16 heavy (non-hydrogen) atoms. The zero-order chi connectivity index (χ0) is 11.8. The van der Waals surface area contributed by atoms with Crippen LogP contribution in [-0.4, -0.2) is 22.9 Å². The Morgan fingerprint density at radius 3 is 2.62 bits per heavy atom. The van der Waals surface area contributed by atoms with E-state index in [1.54, 1.807) is 30.3 Å². The number of para-hydroxylation sites is 1. The molecule has 1 rings (SSSR count). The third-order valence-corrected chi connectivity index (χ3v) is 1.86. The van der Waals surface area contributed by atoms with E-state index in [1.807, 2.05) is 0 Å². The fourth-order valence-electron chi connectivity index (χ4n) is 1.12. The van der Waals surface area contributed by atoms with Crippen molar-refractivity contribution in [3.05, 3.63) is 52.6 Å². The molecule has 1 aromatic carbocycles. The monoisotopic (exact) mass is 223 g/mol. The first kappa shape index (κ1) is 12.2. The summed E-state index contributed by atoms with van der Waals surface area (Å²) in [6, 6.07) is 8.62. The van der Waals surface area contributed by atoms with Gasteiger partial charge in [-0.15, -0.1) is 0 Å². The Balaban J connectivity index is 2.58. The molecule has 5 nitrogen and oxygen atoms in total. The van der Waals surface area contributed by atoms with E-state index in [1.165, 1.54) is 12.2 Å². The van der Waals surface area contributed by atoms with Gasteiger partial charge in [-0.3, -0.25) is 10.1 Å². The van der Waals surface area contributed by atoms with Crippen molar-refractivity contribution in [1.29, 1.82) is 0 Å². The second kappa shape index (κ2) is 6.58. The summed E-state index contributed by atoms with van der Waals surface area (Å²) in [6.45, 7) is -0.129. The molecule has 0 aromatic heterocycles. The fraction of sp³-hybridized carbons (Fsp3) is 0.273. The van der Waals surface area contributed by atoms with Crippen LogP contribution in [0.4, 0.5) is 0 Å². The largest absolute Gasteiger partial charge is 0.430 e. The molecule has 86 valence electrons. The van der Waals surface area contributed by atoms with Gasteiger partial charge >= 0.3 is 6.23 Å². The van der Waals surface area contributed by atoms with Crippen LogP contribution in [0.3, 0.4) is 0 Å². The number of rotatable bonds is 6. The van der Waals surface area contributed by atoms with Gasteiger partial charge in [0.2, 0.25) is 0 Å². The molecule has 0 aliphatic rings. The van der Waals surface area contributed by atoms with Gasteiger partial charge < -0.3 is 9.84 Å². The Kier molecular flexibility index (Phi) is 5.01. The van der Waals surface area contributed by atoms with Gasteiger partial charge in [0.05, 0.1) is 18.0 Å². The molecule has 1 atom stereocenters. The van der Waals surface area contributed by atoms with E-state index in [0.29, 0.717) is 5.75 Å². The molecule has 1 N–H and O–H groups in total. The molecule has 0 aliphatic heterocycles. The first-order valence-corrected chi connectivity index (χ1v) is 4.85. The zero-order valence-electron chi connectivity index (χ0n) is 8.65. The van der Waals surface area contributed by atoms with Gasteiger partial charge in [0.15, 0.2) is 0 Å². The summed E-state index contributed by atoms with van der Waals surface area (Å²) < 4.78 is 5.19. The summed E-state index contributed by atoms with van der Waals surface area (Å²) in [4.78, 5) is 10.2. The normalized spacial score (nSPS) is 12.6. The molecule has 0 fully saturated rings. The van der Waals surface area contributed by atoms with Crippen molar-refractivity contribution in [2.75, 3.05) is 6.61 Å². The minimum atomic E-state index is -1.12. The number of hydrogen-bond donors (Lipinski definition) is 1. The lowest BCUT2D eigenvalue weighted by molar-refractivity contribution is -0.561. The minimum absolute atomic E-state index is 0.127. The van der Waals surface area contributed by atoms with Gasteiger partial charge in [0.25, 0.3) is 0 Å². The number of aliphatic hydroxyl groups is 1. The number of nitrogens with zero attached hydrogens (tertiary/aromatic N) is 1. The third kappa shape index (κ3) is 4.10. The van der Waals surface area contributed by atoms with Crippen molar-refractivity contribution in [3.8, 4) is 5.75 Å². The van der Waals surface area contributed by atoms with Crippen LogP contribution < -0.4 is 4.74 Å². The van der Waals surface area contributed by atoms with Crippen molar-refractivity contribution in [2.45, 2.75) is 12.6 Å². The maximum Gasteiger partial charge on any atom is 0.357 e. The van der Waals surface area contributed by atoms with Gasteiger partial charge in [0, 0.05) is 0 Å². The average Bonchev–Trinajstić information content (AvgIpc) is 2.29. The molecule has 0 bridgehead atoms. The SMILES string of the molecule is O=[N+]([O-])C(C/C=C\CO)Oc1ccccc1. The van der Waals surface area contributed by atoms with Crippen LogP contribution in [-0.2, 0) is 0 Å². The van der Waals surface area contributed by atoms with Gasteiger partial charge in [-0.05, 0) is 12.1 Å². The van der Waals surface area contributed by atoms with E-state index in [0.717, 1.165) is 0 Å². The molecule has 1 unspecified atom stereocenters. The van der Waals surface area contributed by atoms with E-state index in [4.69, 9.17) is 9.84 Å². The quantitative estimate of drug-likeness (QED) is 0.344. The van der Waals surface area contributed by atoms with Crippen LogP contribution in [0.2, 0.25) is 0 Å². The molecule has 0 aliphatic carbocycles. The highest BCUT2D eigenvalue weighted by molar-refractivity contribution is 5.21. The summed E-state index contributed by atoms with van der Waals surface area (Å²) in [7, 11) is 0. The van der Waals surface area contributed by atoms with Crippen molar-refractivity contribution < 1.29 is 14.8 Å². The molecule has 0 saturated carbocycles. The first-order chi connectivity index (χ1) is 7.74. The van der Waals surface area contributed by atoms with Crippen molar-refractivity contribution in [3.63, 3.8) is 0 Å². The van der Waals surface area contributed by atoms with E-state index >= 15 is 0 Å². The van der Waals surface area contributed by atoms with E-state index < -0.39 is 11.2 Å². The Hall–Kier alpha value is -1.88. The maximum atomic E-state index is 10.7. The summed E-state index contributed by atoms with van der Waals surface area (Å²) in [6.07, 6.45) is 1.98. The van der Waals surface area contributed by atoms with Gasteiger partial charge in [-0.2, -0.15) is 0 Å². The standard InChI is InChI=1S/C11H13NO4/c13-9-5-4-8-11(12(14)15)16-10-6-2-1-3-7-10/h1-7,11,13H,8-9H2/b5-4-. The number of nitro groups is 1. The highest BCUT2D eigenvalue weighted by atomic mass is 16.7. The van der Waals surface area contributed by atoms with E-state index in [-0.39, 0.29) is 13.0 Å². The highest BCUT2D eigenvalue weighted by Crippen LogP contribution is 2.13. The predicted molar refractivity (Wildman–Crippen MR) is 58.7 cm³/mol. The zero-order valence-corrected chi connectivity index (χ0v) is 8.65. The number of ether oxygens (including phenoxy) is 1. The summed E-state index contributed by atoms with van der Waals surface area (Å²) in [5.74, 6) is 0.460. The Bertz CT molecular complexity index is 350. The van der Waals surface area contributed by atoms with Gasteiger partial charge in [0.1, 0.15) is 5.75 Å². The molecule has 5 heteroatoms. The summed E-state index contributed by atoms with van der Waals surface area (Å²) in [5, 5.41) is 19.2. The van der Waals surface area contributed by atoms with Crippen LogP contribution in [0.15, 0.2) is 42.5 Å². The molecule has 0 saturated heterocycles. The van der Waals surface area contributed by atoms with Gasteiger partial charge in [-0.1, -0.05) is 30.4 Å². The third-order valence-electron chi connectivity index (χ3n) is 1.86. The Morgan fingerprint density at radius 1 is 1.38 bits per heavy atom. The van der Waals surface area contributed by atoms with Crippen LogP contribution >= 0.6 is 0 Å². The topological polar surface area (TPSA) is 72.6 Å². The molecule has 0 spiro atoms. The molecule has 1 aromatic rings. The predicted octanol–water partition coefficient (Wildman–Crippen LogP) is 1.61. The fourth-order valence-corrected chi connectivity index (χ4v) is 1.12. The first-order valence-electron chi connectivity index (χ1n) is 4.85. The average molecular weight is 223 g/mol. The van der Waals surface area contributed by atoms with Crippen molar-refractivity contribution in [2.24, 2.45) is 0 Å². The highest BCUT2D eigenvalue weighted by Gasteiger charge is 2.19. The Labute approximate surface area is 93.1 Å². The molecular weight excluding hydrogens is 210 g/mol. The maximum absolute atomic E-state index is 10.7. The number of aliphatic hydroxyl groups excluding tert-OH is 1. The van der Waals surface area contributed by atoms with E-state index in [9.17, 15) is 10.1 Å². The van der Waals surface area contributed by atoms with Crippen molar-refractivity contribution in [1.82, 2.24) is 0 Å².